The van der Waals surface area contributed by atoms with Crippen LogP contribution in [-0.2, 0) is 0 Å². The highest BCUT2D eigenvalue weighted by atomic mass is 79.9. The number of unbranched alkanes of at least 4 members (excludes halogenated alkanes) is 23. The van der Waals surface area contributed by atoms with Gasteiger partial charge in [-0.05, 0) is 19.3 Å². The summed E-state index contributed by atoms with van der Waals surface area (Å²) in [6.45, 7) is 6.37. The number of halogens is 1. The van der Waals surface area contributed by atoms with Crippen LogP contribution >= 0.6 is 0 Å². The molecule has 4 nitrogen and oxygen atoms in total. The molecule has 0 aliphatic rings. The van der Waals surface area contributed by atoms with E-state index in [0.29, 0.717) is 0 Å². The third-order valence-electron chi connectivity index (χ3n) is 8.27. The van der Waals surface area contributed by atoms with Crippen molar-refractivity contribution in [2.45, 2.75) is 193 Å². The van der Waals surface area contributed by atoms with Crippen molar-refractivity contribution >= 4 is 0 Å². The predicted octanol–water partition coefficient (Wildman–Crippen LogP) is 4.99. The molecule has 0 fully saturated rings. The van der Waals surface area contributed by atoms with Gasteiger partial charge in [0, 0.05) is 6.04 Å². The predicted molar refractivity (Wildman–Crippen MR) is 163 cm³/mol. The Kier molecular flexibility index (Phi) is 35.7. The first-order valence-electron chi connectivity index (χ1n) is 17.1. The van der Waals surface area contributed by atoms with E-state index in [1.165, 1.54) is 154 Å². The summed E-state index contributed by atoms with van der Waals surface area (Å²) in [6.07, 6.45) is 33.7. The molecule has 38 heavy (non-hydrogen) atoms. The molecule has 6 N–H and O–H groups in total. The molecular formula is C33H71BrN2O2. The summed E-state index contributed by atoms with van der Waals surface area (Å²) >= 11 is 0. The van der Waals surface area contributed by atoms with Gasteiger partial charge in [0.05, 0.1) is 19.0 Å². The zero-order chi connectivity index (χ0) is 27.2. The number of aliphatic hydroxyl groups excluding tert-OH is 1. The fourth-order valence-corrected chi connectivity index (χ4v) is 5.57. The Morgan fingerprint density at radius 1 is 0.500 bits per heavy atom. The molecule has 0 amide bonds. The van der Waals surface area contributed by atoms with Gasteiger partial charge in [-0.15, -0.1) is 0 Å². The van der Waals surface area contributed by atoms with Crippen molar-refractivity contribution in [3.05, 3.63) is 0 Å². The monoisotopic (exact) mass is 606 g/mol. The summed E-state index contributed by atoms with van der Waals surface area (Å²) in [5.74, 6) is -0.213. The Balaban J connectivity index is 0. The molecule has 0 rings (SSSR count). The van der Waals surface area contributed by atoms with E-state index in [4.69, 9.17) is 5.73 Å². The number of hydrogen-bond donors (Lipinski definition) is 4. The smallest absolute Gasteiger partial charge is 0.161 e. The Morgan fingerprint density at radius 2 is 0.816 bits per heavy atom. The molecule has 0 aromatic rings. The van der Waals surface area contributed by atoms with Crippen LogP contribution in [0.5, 0.6) is 0 Å². The summed E-state index contributed by atoms with van der Waals surface area (Å²) in [5, 5.41) is 21.9. The SMILES string of the molecule is CCCCCCCCCCCCCCCC[NH2+]CC(C(O)O)C(N)CCCCCCCCCCCCC.[Br-]. The van der Waals surface area contributed by atoms with Crippen molar-refractivity contribution in [1.29, 1.82) is 0 Å². The fourth-order valence-electron chi connectivity index (χ4n) is 5.57. The molecule has 232 valence electrons. The van der Waals surface area contributed by atoms with E-state index >= 15 is 0 Å². The van der Waals surface area contributed by atoms with Crippen LogP contribution in [0.3, 0.4) is 0 Å². The first-order valence-corrected chi connectivity index (χ1v) is 17.1. The maximum atomic E-state index is 9.84. The van der Waals surface area contributed by atoms with Crippen LogP contribution in [0.25, 0.3) is 0 Å². The Bertz CT molecular complexity index is 426. The Hall–Kier alpha value is 0.320. The zero-order valence-electron chi connectivity index (χ0n) is 26.0. The molecular weight excluding hydrogens is 536 g/mol. The number of hydrogen-bond acceptors (Lipinski definition) is 3. The minimum Gasteiger partial charge on any atom is -1.00 e. The molecule has 2 unspecified atom stereocenters. The molecule has 0 spiro atoms. The lowest BCUT2D eigenvalue weighted by atomic mass is 9.94. The van der Waals surface area contributed by atoms with Gasteiger partial charge in [0.25, 0.3) is 0 Å². The molecule has 0 bridgehead atoms. The van der Waals surface area contributed by atoms with Gasteiger partial charge in [0.15, 0.2) is 6.29 Å². The first kappa shape index (κ1) is 40.5. The van der Waals surface area contributed by atoms with E-state index in [0.717, 1.165) is 25.9 Å². The zero-order valence-corrected chi connectivity index (χ0v) is 27.5. The van der Waals surface area contributed by atoms with Crippen LogP contribution in [0.2, 0.25) is 0 Å². The van der Waals surface area contributed by atoms with Gasteiger partial charge >= 0.3 is 0 Å². The van der Waals surface area contributed by atoms with Crippen LogP contribution in [0.4, 0.5) is 0 Å². The Labute approximate surface area is 249 Å². The number of aliphatic hydroxyl groups is 2. The Morgan fingerprint density at radius 3 is 1.16 bits per heavy atom. The quantitative estimate of drug-likeness (QED) is 0.0662. The third kappa shape index (κ3) is 29.3. The molecule has 0 aliphatic carbocycles. The van der Waals surface area contributed by atoms with Crippen LogP contribution < -0.4 is 28.0 Å². The minimum atomic E-state index is -1.30. The second-order valence-electron chi connectivity index (χ2n) is 12.0. The van der Waals surface area contributed by atoms with Gasteiger partial charge in [0.1, 0.15) is 0 Å². The average Bonchev–Trinajstić information content (AvgIpc) is 2.88. The third-order valence-corrected chi connectivity index (χ3v) is 8.27. The fraction of sp³-hybridized carbons (Fsp3) is 1.00. The van der Waals surface area contributed by atoms with Gasteiger partial charge < -0.3 is 38.2 Å². The number of nitrogens with two attached hydrogens (primary N) is 2. The van der Waals surface area contributed by atoms with Gasteiger partial charge in [0.2, 0.25) is 0 Å². The molecule has 0 aliphatic heterocycles. The standard InChI is InChI=1S/C33H70N2O2.BrH/c1-3-5-7-9-11-13-15-16-17-19-21-23-25-27-29-35-30-31(33(36)37)32(34)28-26-24-22-20-18-14-12-10-8-6-4-2;/h31-33,35-37H,3-30,34H2,1-2H3;1H. The summed E-state index contributed by atoms with van der Waals surface area (Å²) < 4.78 is 0. The highest BCUT2D eigenvalue weighted by Gasteiger charge is 2.25. The second-order valence-corrected chi connectivity index (χ2v) is 12.0. The van der Waals surface area contributed by atoms with E-state index in [2.05, 4.69) is 19.2 Å². The number of rotatable bonds is 31. The second kappa shape index (κ2) is 33.5. The summed E-state index contributed by atoms with van der Waals surface area (Å²) in [4.78, 5) is 0. The molecule has 2 atom stereocenters. The largest absolute Gasteiger partial charge is 1.00 e. The van der Waals surface area contributed by atoms with E-state index in [9.17, 15) is 10.2 Å². The van der Waals surface area contributed by atoms with Crippen molar-refractivity contribution < 1.29 is 32.5 Å². The molecule has 0 aromatic carbocycles. The van der Waals surface area contributed by atoms with E-state index in [-0.39, 0.29) is 28.9 Å². The van der Waals surface area contributed by atoms with E-state index in [1.807, 2.05) is 0 Å². The van der Waals surface area contributed by atoms with Crippen molar-refractivity contribution in [2.24, 2.45) is 11.7 Å². The van der Waals surface area contributed by atoms with Gasteiger partial charge in [-0.2, -0.15) is 0 Å². The van der Waals surface area contributed by atoms with Crippen molar-refractivity contribution in [3.8, 4) is 0 Å². The molecule has 0 saturated carbocycles. The average molecular weight is 608 g/mol. The van der Waals surface area contributed by atoms with Crippen molar-refractivity contribution in [1.82, 2.24) is 0 Å². The molecule has 5 heteroatoms. The van der Waals surface area contributed by atoms with Gasteiger partial charge in [-0.3, -0.25) is 0 Å². The summed E-state index contributed by atoms with van der Waals surface area (Å²) in [7, 11) is 0. The lowest BCUT2D eigenvalue weighted by Crippen LogP contribution is -3.00. The number of quaternary nitrogens is 1. The van der Waals surface area contributed by atoms with Crippen molar-refractivity contribution in [3.63, 3.8) is 0 Å². The minimum absolute atomic E-state index is 0. The molecule has 0 aromatic heterocycles. The lowest BCUT2D eigenvalue weighted by Gasteiger charge is -2.24. The van der Waals surface area contributed by atoms with Gasteiger partial charge in [-0.1, -0.05) is 162 Å². The van der Waals surface area contributed by atoms with E-state index in [1.54, 1.807) is 0 Å². The summed E-state index contributed by atoms with van der Waals surface area (Å²) in [5.41, 5.74) is 6.37. The highest BCUT2D eigenvalue weighted by molar-refractivity contribution is 4.73. The van der Waals surface area contributed by atoms with Crippen LogP contribution in [0.1, 0.15) is 181 Å². The normalized spacial score (nSPS) is 13.1. The van der Waals surface area contributed by atoms with Crippen LogP contribution in [0, 0.1) is 5.92 Å². The maximum Gasteiger partial charge on any atom is 0.161 e. The van der Waals surface area contributed by atoms with Crippen LogP contribution in [0.15, 0.2) is 0 Å². The van der Waals surface area contributed by atoms with Crippen molar-refractivity contribution in [2.75, 3.05) is 13.1 Å². The topological polar surface area (TPSA) is 83.1 Å². The lowest BCUT2D eigenvalue weighted by molar-refractivity contribution is -0.663. The molecule has 0 heterocycles. The molecule has 0 radical (unpaired) electrons. The summed E-state index contributed by atoms with van der Waals surface area (Å²) in [6, 6.07) is -0.105. The van der Waals surface area contributed by atoms with Gasteiger partial charge in [-0.25, -0.2) is 0 Å². The maximum absolute atomic E-state index is 9.84. The highest BCUT2D eigenvalue weighted by Crippen LogP contribution is 2.15. The van der Waals surface area contributed by atoms with E-state index < -0.39 is 6.29 Å². The molecule has 0 saturated heterocycles. The van der Waals surface area contributed by atoms with Crippen LogP contribution in [-0.4, -0.2) is 35.6 Å². The first-order chi connectivity index (χ1) is 18.1.